The van der Waals surface area contributed by atoms with Gasteiger partial charge >= 0.3 is 7.68 Å². The van der Waals surface area contributed by atoms with Gasteiger partial charge in [0.1, 0.15) is 0 Å². The summed E-state index contributed by atoms with van der Waals surface area (Å²) in [5, 5.41) is -0.588. The first-order chi connectivity index (χ1) is 16.3. The van der Waals surface area contributed by atoms with Crippen LogP contribution in [0.3, 0.4) is 0 Å². The van der Waals surface area contributed by atoms with E-state index >= 15 is 0 Å². The normalized spacial score (nSPS) is 14.0. The van der Waals surface area contributed by atoms with E-state index in [4.69, 9.17) is 0 Å². The Morgan fingerprint density at radius 2 is 0.912 bits per heavy atom. The summed E-state index contributed by atoms with van der Waals surface area (Å²) >= 11 is 0. The number of quaternary nitrogens is 1. The van der Waals surface area contributed by atoms with Crippen molar-refractivity contribution >= 4 is 7.68 Å². The van der Waals surface area contributed by atoms with Gasteiger partial charge in [0.25, 0.3) is 0 Å². The van der Waals surface area contributed by atoms with Gasteiger partial charge in [-0.1, -0.05) is 122 Å². The van der Waals surface area contributed by atoms with E-state index < -0.39 is 13.0 Å². The number of hydrogen-bond acceptors (Lipinski definition) is 2. The molecule has 1 atom stereocenters. The van der Waals surface area contributed by atoms with Crippen molar-refractivity contribution in [2.45, 2.75) is 160 Å². The first-order valence-corrected chi connectivity index (χ1v) is 16.1. The van der Waals surface area contributed by atoms with Crippen LogP contribution >= 0.6 is 7.68 Å². The molecule has 0 heterocycles. The van der Waals surface area contributed by atoms with Crippen LogP contribution in [0.5, 0.6) is 0 Å². The number of rotatable bonds is 25. The molecule has 1 unspecified atom stereocenters. The molecular formula is C30H61NO2P+. The van der Waals surface area contributed by atoms with Crippen molar-refractivity contribution in [3.63, 3.8) is 0 Å². The highest BCUT2D eigenvalue weighted by molar-refractivity contribution is 7.32. The number of unbranched alkanes of at least 4 members (excludes halogenated alkanes) is 17. The topological polar surface area (TPSA) is 34.1 Å². The van der Waals surface area contributed by atoms with Gasteiger partial charge in [0.05, 0.1) is 21.1 Å². The van der Waals surface area contributed by atoms with Crippen molar-refractivity contribution < 1.29 is 13.6 Å². The molecule has 0 aliphatic heterocycles. The van der Waals surface area contributed by atoms with Gasteiger partial charge in [0, 0.05) is 12.8 Å². The number of hydrogen-bond donors (Lipinski definition) is 0. The van der Waals surface area contributed by atoms with Gasteiger partial charge in [0.2, 0.25) is 5.28 Å². The summed E-state index contributed by atoms with van der Waals surface area (Å²) in [5.74, 6) is 0. The fourth-order valence-electron chi connectivity index (χ4n) is 5.17. The summed E-state index contributed by atoms with van der Waals surface area (Å²) < 4.78 is 24.8. The molecular weight excluding hydrogens is 437 g/mol. The summed E-state index contributed by atoms with van der Waals surface area (Å²) in [6, 6.07) is 0. The Balaban J connectivity index is 3.53. The largest absolute Gasteiger partial charge is 0.378 e. The lowest BCUT2D eigenvalue weighted by atomic mass is 9.99. The van der Waals surface area contributed by atoms with Gasteiger partial charge in [-0.05, 0) is 32.1 Å². The first-order valence-electron chi connectivity index (χ1n) is 14.9. The maximum absolute atomic E-state index is 12.1. The van der Waals surface area contributed by atoms with Gasteiger partial charge in [0.15, 0.2) is 0 Å². The summed E-state index contributed by atoms with van der Waals surface area (Å²) in [5.41, 5.74) is 0. The van der Waals surface area contributed by atoms with Crippen LogP contribution in [0.15, 0.2) is 12.2 Å². The molecule has 0 aromatic heterocycles. The molecule has 0 spiro atoms. The Morgan fingerprint density at radius 1 is 0.529 bits per heavy atom. The van der Waals surface area contributed by atoms with Crippen molar-refractivity contribution in [1.82, 2.24) is 0 Å². The van der Waals surface area contributed by atoms with E-state index in [0.717, 1.165) is 25.7 Å². The second-order valence-corrected chi connectivity index (χ2v) is 12.8. The Hall–Kier alpha value is -0.400. The lowest BCUT2D eigenvalue weighted by Gasteiger charge is -2.41. The van der Waals surface area contributed by atoms with Crippen LogP contribution < -0.4 is 0 Å². The van der Waals surface area contributed by atoms with Crippen LogP contribution in [0.4, 0.5) is 0 Å². The second kappa shape index (κ2) is 21.8. The third-order valence-electron chi connectivity index (χ3n) is 7.56. The Bertz CT molecular complexity index is 542. The average Bonchev–Trinajstić information content (AvgIpc) is 2.78. The molecule has 0 bridgehead atoms. The molecule has 0 fully saturated rings. The molecule has 4 heteroatoms. The first kappa shape index (κ1) is 33.6. The van der Waals surface area contributed by atoms with Gasteiger partial charge in [-0.15, -0.1) is 0 Å². The van der Waals surface area contributed by atoms with Crippen LogP contribution in [-0.4, -0.2) is 30.9 Å². The zero-order chi connectivity index (χ0) is 25.5. The predicted molar refractivity (Wildman–Crippen MR) is 151 cm³/mol. The highest BCUT2D eigenvalue weighted by Crippen LogP contribution is 2.44. The molecule has 0 saturated carbocycles. The molecule has 202 valence electrons. The van der Waals surface area contributed by atoms with Crippen LogP contribution in [0, 0.1) is 0 Å². The summed E-state index contributed by atoms with van der Waals surface area (Å²) in [4.78, 5) is 0. The van der Waals surface area contributed by atoms with E-state index in [2.05, 4.69) is 26.0 Å². The van der Waals surface area contributed by atoms with Gasteiger partial charge in [-0.3, -0.25) is 0 Å². The van der Waals surface area contributed by atoms with Crippen molar-refractivity contribution in [3.05, 3.63) is 12.2 Å². The monoisotopic (exact) mass is 498 g/mol. The van der Waals surface area contributed by atoms with Gasteiger partial charge < -0.3 is 4.48 Å². The second-order valence-electron chi connectivity index (χ2n) is 11.5. The van der Waals surface area contributed by atoms with Crippen molar-refractivity contribution in [2.75, 3.05) is 21.1 Å². The highest BCUT2D eigenvalue weighted by Gasteiger charge is 2.47. The minimum absolute atomic E-state index is 0.524. The molecule has 34 heavy (non-hydrogen) atoms. The molecule has 0 rings (SSSR count). The van der Waals surface area contributed by atoms with Crippen LogP contribution in [0.1, 0.15) is 155 Å². The molecule has 0 aromatic carbocycles. The number of allylic oxidation sites excluding steroid dienone is 2. The minimum Gasteiger partial charge on any atom is -0.314 e. The summed E-state index contributed by atoms with van der Waals surface area (Å²) in [6.45, 7) is 4.34. The summed E-state index contributed by atoms with van der Waals surface area (Å²) in [7, 11) is 3.69. The van der Waals surface area contributed by atoms with E-state index in [1.54, 1.807) is 0 Å². The van der Waals surface area contributed by atoms with Gasteiger partial charge in [-0.25, -0.2) is 9.13 Å². The molecule has 0 aliphatic carbocycles. The van der Waals surface area contributed by atoms with Crippen molar-refractivity contribution in [1.29, 1.82) is 0 Å². The SMILES string of the molecule is CCCC=CCCCCCCCCCCCCCCCCCCC(CCC)(P(=O)=O)[N+](C)(C)C. The van der Waals surface area contributed by atoms with Gasteiger partial charge in [-0.2, -0.15) is 0 Å². The van der Waals surface area contributed by atoms with Crippen LogP contribution in [-0.2, 0) is 9.13 Å². The molecule has 3 nitrogen and oxygen atoms in total. The van der Waals surface area contributed by atoms with E-state index in [1.165, 1.54) is 116 Å². The van der Waals surface area contributed by atoms with E-state index in [1.807, 2.05) is 21.1 Å². The fourth-order valence-corrected chi connectivity index (χ4v) is 6.41. The standard InChI is InChI=1S/C30H61NO2P/c1-6-8-9-10-11-12-13-14-15-16-17-18-19-20-21-22-23-24-25-26-27-29-30(28-7-2,34(32)33)31(3,4)5/h9-10H,6-8,11-29H2,1-5H3/q+1. The smallest absolute Gasteiger partial charge is 0.314 e. The Labute approximate surface area is 215 Å². The lowest BCUT2D eigenvalue weighted by molar-refractivity contribution is -0.908. The molecule has 0 aromatic rings. The zero-order valence-electron chi connectivity index (χ0n) is 23.9. The maximum atomic E-state index is 12.1. The molecule has 0 aliphatic rings. The Morgan fingerprint density at radius 3 is 1.26 bits per heavy atom. The van der Waals surface area contributed by atoms with Crippen molar-refractivity contribution in [3.8, 4) is 0 Å². The number of nitrogens with zero attached hydrogens (tertiary/aromatic N) is 1. The molecule has 0 N–H and O–H groups in total. The van der Waals surface area contributed by atoms with E-state index in [9.17, 15) is 9.13 Å². The van der Waals surface area contributed by atoms with Crippen molar-refractivity contribution in [2.24, 2.45) is 0 Å². The fraction of sp³-hybridized carbons (Fsp3) is 0.933. The summed E-state index contributed by atoms with van der Waals surface area (Å²) in [6.07, 6.45) is 32.6. The Kier molecular flexibility index (Phi) is 21.6. The third kappa shape index (κ3) is 16.3. The van der Waals surface area contributed by atoms with Crippen LogP contribution in [0.2, 0.25) is 0 Å². The molecule has 0 radical (unpaired) electrons. The van der Waals surface area contributed by atoms with E-state index in [0.29, 0.717) is 4.48 Å². The maximum Gasteiger partial charge on any atom is 0.378 e. The minimum atomic E-state index is -2.42. The molecule has 0 saturated heterocycles. The predicted octanol–water partition coefficient (Wildman–Crippen LogP) is 10.7. The van der Waals surface area contributed by atoms with E-state index in [-0.39, 0.29) is 0 Å². The van der Waals surface area contributed by atoms with Crippen LogP contribution in [0.25, 0.3) is 0 Å². The quantitative estimate of drug-likeness (QED) is 0.0543. The third-order valence-corrected chi connectivity index (χ3v) is 9.29. The highest BCUT2D eigenvalue weighted by atomic mass is 31.1. The molecule has 0 amide bonds. The average molecular weight is 499 g/mol. The lowest BCUT2D eigenvalue weighted by Crippen LogP contribution is -2.53. The zero-order valence-corrected chi connectivity index (χ0v) is 24.8.